The molecule has 3 rings (SSSR count). The van der Waals surface area contributed by atoms with E-state index in [1.54, 1.807) is 0 Å². The highest BCUT2D eigenvalue weighted by molar-refractivity contribution is 5.33. The summed E-state index contributed by atoms with van der Waals surface area (Å²) in [6.07, 6.45) is 2.27. The van der Waals surface area contributed by atoms with Crippen LogP contribution in [-0.2, 0) is 11.2 Å². The maximum Gasteiger partial charge on any atom is 0.0760 e. The number of ether oxygens (including phenoxy) is 1. The number of aryl methyl sites for hydroxylation is 1. The van der Waals surface area contributed by atoms with Crippen LogP contribution in [0.3, 0.4) is 0 Å². The molecule has 1 heterocycles. The van der Waals surface area contributed by atoms with Crippen molar-refractivity contribution in [2.75, 3.05) is 13.1 Å². The quantitative estimate of drug-likeness (QED) is 0.863. The smallest absolute Gasteiger partial charge is 0.0760 e. The zero-order chi connectivity index (χ0) is 15.3. The van der Waals surface area contributed by atoms with Crippen LogP contribution in [0.15, 0.2) is 24.3 Å². The van der Waals surface area contributed by atoms with E-state index >= 15 is 0 Å². The van der Waals surface area contributed by atoms with E-state index in [1.807, 2.05) is 0 Å². The largest absolute Gasteiger partial charge is 0.367 e. The van der Waals surface area contributed by atoms with Gasteiger partial charge in [-0.15, -0.1) is 0 Å². The van der Waals surface area contributed by atoms with Crippen LogP contribution in [0, 0.1) is 0 Å². The Bertz CT molecular complexity index is 508. The van der Waals surface area contributed by atoms with E-state index in [4.69, 9.17) is 10.5 Å². The maximum absolute atomic E-state index is 6.62. The van der Waals surface area contributed by atoms with Crippen molar-refractivity contribution in [2.45, 2.75) is 63.8 Å². The minimum atomic E-state index is -0.113. The number of fused-ring (bicyclic) bond motifs is 1. The highest BCUT2D eigenvalue weighted by Crippen LogP contribution is 2.36. The van der Waals surface area contributed by atoms with Gasteiger partial charge in [0.1, 0.15) is 0 Å². The molecule has 0 radical (unpaired) electrons. The fraction of sp³-hybridized carbons (Fsp3) is 0.667. The first-order valence-electron chi connectivity index (χ1n) is 8.05. The number of morpholine rings is 1. The first-order valence-corrected chi connectivity index (χ1v) is 8.05. The topological polar surface area (TPSA) is 38.5 Å². The van der Waals surface area contributed by atoms with Crippen molar-refractivity contribution in [1.82, 2.24) is 4.90 Å². The van der Waals surface area contributed by atoms with Gasteiger partial charge in [0.2, 0.25) is 0 Å². The van der Waals surface area contributed by atoms with Crippen LogP contribution in [0.5, 0.6) is 0 Å². The molecule has 21 heavy (non-hydrogen) atoms. The van der Waals surface area contributed by atoms with Crippen molar-refractivity contribution < 1.29 is 4.74 Å². The number of nitrogens with zero attached hydrogens (tertiary/aromatic N) is 1. The van der Waals surface area contributed by atoms with E-state index in [9.17, 15) is 0 Å². The van der Waals surface area contributed by atoms with Gasteiger partial charge in [-0.2, -0.15) is 0 Å². The lowest BCUT2D eigenvalue weighted by Gasteiger charge is -2.51. The van der Waals surface area contributed by atoms with Gasteiger partial charge in [-0.05, 0) is 51.7 Å². The predicted octanol–water partition coefficient (Wildman–Crippen LogP) is 2.89. The van der Waals surface area contributed by atoms with E-state index in [2.05, 4.69) is 56.9 Å². The van der Waals surface area contributed by atoms with E-state index in [0.717, 1.165) is 25.9 Å². The van der Waals surface area contributed by atoms with Gasteiger partial charge in [-0.1, -0.05) is 24.3 Å². The normalized spacial score (nSPS) is 31.7. The summed E-state index contributed by atoms with van der Waals surface area (Å²) in [5, 5.41) is 0. The van der Waals surface area contributed by atoms with Crippen LogP contribution >= 0.6 is 0 Å². The molecular weight excluding hydrogens is 260 g/mol. The van der Waals surface area contributed by atoms with Crippen molar-refractivity contribution >= 4 is 0 Å². The molecule has 3 heteroatoms. The highest BCUT2D eigenvalue weighted by Gasteiger charge is 2.42. The lowest BCUT2D eigenvalue weighted by molar-refractivity contribution is -0.189. The molecule has 0 aromatic heterocycles. The van der Waals surface area contributed by atoms with Gasteiger partial charge in [-0.3, -0.25) is 4.90 Å². The number of rotatable bonds is 1. The van der Waals surface area contributed by atoms with Crippen molar-refractivity contribution in [2.24, 2.45) is 5.73 Å². The third-order valence-corrected chi connectivity index (χ3v) is 4.73. The maximum atomic E-state index is 6.62. The Labute approximate surface area is 128 Å². The molecular formula is C18H28N2O. The van der Waals surface area contributed by atoms with Crippen LogP contribution in [0.25, 0.3) is 0 Å². The van der Waals surface area contributed by atoms with Gasteiger partial charge in [0, 0.05) is 25.2 Å². The van der Waals surface area contributed by atoms with E-state index in [1.165, 1.54) is 11.1 Å². The minimum absolute atomic E-state index is 0.111. The average molecular weight is 288 g/mol. The highest BCUT2D eigenvalue weighted by atomic mass is 16.5. The fourth-order valence-corrected chi connectivity index (χ4v) is 4.27. The van der Waals surface area contributed by atoms with E-state index < -0.39 is 0 Å². The molecule has 1 aromatic rings. The van der Waals surface area contributed by atoms with Gasteiger partial charge in [0.15, 0.2) is 0 Å². The molecule has 0 amide bonds. The van der Waals surface area contributed by atoms with Gasteiger partial charge in [0.25, 0.3) is 0 Å². The molecule has 2 N–H and O–H groups in total. The van der Waals surface area contributed by atoms with Crippen molar-refractivity contribution in [3.63, 3.8) is 0 Å². The van der Waals surface area contributed by atoms with Gasteiger partial charge < -0.3 is 10.5 Å². The molecule has 2 aliphatic rings. The summed E-state index contributed by atoms with van der Waals surface area (Å²) in [6.45, 7) is 10.6. The second-order valence-electron chi connectivity index (χ2n) is 7.86. The summed E-state index contributed by atoms with van der Waals surface area (Å²) in [6, 6.07) is 9.17. The Morgan fingerprint density at radius 3 is 2.38 bits per heavy atom. The van der Waals surface area contributed by atoms with Gasteiger partial charge in [0.05, 0.1) is 11.2 Å². The molecule has 1 fully saturated rings. The predicted molar refractivity (Wildman–Crippen MR) is 86.3 cm³/mol. The van der Waals surface area contributed by atoms with Gasteiger partial charge in [-0.25, -0.2) is 0 Å². The average Bonchev–Trinajstić information content (AvgIpc) is 2.35. The van der Waals surface area contributed by atoms with Crippen molar-refractivity contribution in [1.29, 1.82) is 0 Å². The molecule has 2 unspecified atom stereocenters. The number of nitrogens with two attached hydrogens (primary N) is 1. The summed E-state index contributed by atoms with van der Waals surface area (Å²) in [5.41, 5.74) is 9.14. The summed E-state index contributed by atoms with van der Waals surface area (Å²) >= 11 is 0. The van der Waals surface area contributed by atoms with Crippen LogP contribution in [-0.4, -0.2) is 35.2 Å². The Balaban J connectivity index is 1.85. The number of hydrogen-bond donors (Lipinski definition) is 1. The third-order valence-electron chi connectivity index (χ3n) is 4.73. The molecule has 1 aliphatic carbocycles. The second kappa shape index (κ2) is 5.08. The van der Waals surface area contributed by atoms with Crippen LogP contribution < -0.4 is 5.73 Å². The molecule has 1 aliphatic heterocycles. The van der Waals surface area contributed by atoms with Crippen molar-refractivity contribution in [3.05, 3.63) is 35.4 Å². The first kappa shape index (κ1) is 15.0. The zero-order valence-corrected chi connectivity index (χ0v) is 13.7. The molecule has 116 valence electrons. The van der Waals surface area contributed by atoms with E-state index in [-0.39, 0.29) is 17.2 Å². The lowest BCUT2D eigenvalue weighted by Crippen LogP contribution is -2.61. The molecule has 0 spiro atoms. The Morgan fingerprint density at radius 1 is 1.10 bits per heavy atom. The SMILES string of the molecule is CC1(C)CN(C2CCc3ccccc3C2N)CC(C)(C)O1. The number of benzene rings is 1. The molecule has 1 aromatic carbocycles. The fourth-order valence-electron chi connectivity index (χ4n) is 4.27. The Kier molecular flexibility index (Phi) is 3.63. The lowest BCUT2D eigenvalue weighted by atomic mass is 9.82. The Hall–Kier alpha value is -0.900. The molecule has 1 saturated heterocycles. The van der Waals surface area contributed by atoms with E-state index in [0.29, 0.717) is 6.04 Å². The van der Waals surface area contributed by atoms with Gasteiger partial charge >= 0.3 is 0 Å². The summed E-state index contributed by atoms with van der Waals surface area (Å²) in [7, 11) is 0. The third kappa shape index (κ3) is 3.01. The summed E-state index contributed by atoms with van der Waals surface area (Å²) in [4.78, 5) is 2.56. The molecule has 0 saturated carbocycles. The second-order valence-corrected chi connectivity index (χ2v) is 7.86. The van der Waals surface area contributed by atoms with Crippen molar-refractivity contribution in [3.8, 4) is 0 Å². The Morgan fingerprint density at radius 2 is 1.71 bits per heavy atom. The summed E-state index contributed by atoms with van der Waals surface area (Å²) < 4.78 is 6.20. The molecule has 3 nitrogen and oxygen atoms in total. The van der Waals surface area contributed by atoms with Crippen LogP contribution in [0.2, 0.25) is 0 Å². The zero-order valence-electron chi connectivity index (χ0n) is 13.7. The summed E-state index contributed by atoms with van der Waals surface area (Å²) in [5.74, 6) is 0. The monoisotopic (exact) mass is 288 g/mol. The minimum Gasteiger partial charge on any atom is -0.367 e. The molecule has 2 atom stereocenters. The first-order chi connectivity index (χ1) is 9.77. The molecule has 0 bridgehead atoms. The van der Waals surface area contributed by atoms with Crippen LogP contribution in [0.4, 0.5) is 0 Å². The number of hydrogen-bond acceptors (Lipinski definition) is 3. The standard InChI is InChI=1S/C18H28N2O/c1-17(2)11-20(12-18(3,4)21-17)15-10-9-13-7-5-6-8-14(13)16(15)19/h5-8,15-16H,9-12,19H2,1-4H3. The van der Waals surface area contributed by atoms with Crippen LogP contribution in [0.1, 0.15) is 51.3 Å².